The minimum atomic E-state index is -0.822. The van der Waals surface area contributed by atoms with Gasteiger partial charge in [-0.15, -0.1) is 0 Å². The van der Waals surface area contributed by atoms with Crippen LogP contribution in [0.5, 0.6) is 0 Å². The number of carbonyl (C=O) groups excluding carboxylic acids is 3. The molecule has 7 heteroatoms. The Kier molecular flexibility index (Phi) is 12.3. The Morgan fingerprint density at radius 1 is 1.03 bits per heavy atom. The lowest BCUT2D eigenvalue weighted by Crippen LogP contribution is -2.55. The van der Waals surface area contributed by atoms with Crippen molar-refractivity contribution in [2.75, 3.05) is 13.1 Å². The summed E-state index contributed by atoms with van der Waals surface area (Å²) in [5.41, 5.74) is 2.16. The third-order valence-electron chi connectivity index (χ3n) is 5.93. The van der Waals surface area contributed by atoms with Crippen LogP contribution in [0.25, 0.3) is 0 Å². The molecule has 0 aliphatic rings. The number of rotatable bonds is 12. The summed E-state index contributed by atoms with van der Waals surface area (Å²) in [7, 11) is 0. The summed E-state index contributed by atoms with van der Waals surface area (Å²) >= 11 is 0. The number of benzene rings is 1. The van der Waals surface area contributed by atoms with Crippen molar-refractivity contribution in [3.63, 3.8) is 0 Å². The van der Waals surface area contributed by atoms with Gasteiger partial charge in [0.25, 0.3) is 0 Å². The van der Waals surface area contributed by atoms with Crippen LogP contribution >= 0.6 is 0 Å². The minimum absolute atomic E-state index is 0.193. The largest absolute Gasteiger partial charge is 0.444 e. The molecule has 2 unspecified atom stereocenters. The van der Waals surface area contributed by atoms with E-state index in [1.807, 2.05) is 52.8 Å². The first kappa shape index (κ1) is 30.5. The fraction of sp³-hybridized carbons (Fsp3) is 0.679. The van der Waals surface area contributed by atoms with Crippen molar-refractivity contribution < 1.29 is 19.1 Å². The first-order chi connectivity index (χ1) is 16.3. The number of nitrogens with one attached hydrogen (secondary N) is 2. The second-order valence-electron chi connectivity index (χ2n) is 10.6. The Hall–Kier alpha value is -2.57. The Bertz CT molecular complexity index is 845. The zero-order chi connectivity index (χ0) is 26.8. The Morgan fingerprint density at radius 3 is 2.23 bits per heavy atom. The number of ether oxygens (including phenoxy) is 1. The molecule has 2 atom stereocenters. The fourth-order valence-corrected chi connectivity index (χ4v) is 3.94. The number of aryl methyl sites for hydroxylation is 1. The molecule has 7 nitrogen and oxygen atoms in total. The summed E-state index contributed by atoms with van der Waals surface area (Å²) < 4.78 is 5.41. The zero-order valence-corrected chi connectivity index (χ0v) is 23.3. The second kappa shape index (κ2) is 14.1. The highest BCUT2D eigenvalue weighted by Gasteiger charge is 2.37. The van der Waals surface area contributed by atoms with Gasteiger partial charge in [-0.2, -0.15) is 0 Å². The van der Waals surface area contributed by atoms with Crippen molar-refractivity contribution in [3.8, 4) is 0 Å². The Balaban J connectivity index is 3.41. The second-order valence-corrected chi connectivity index (χ2v) is 10.6. The lowest BCUT2D eigenvalue weighted by atomic mass is 9.94. The number of carbonyl (C=O) groups is 3. The molecular formula is C28H47N3O4. The maximum atomic E-state index is 13.9. The third-order valence-corrected chi connectivity index (χ3v) is 5.93. The molecule has 198 valence electrons. The van der Waals surface area contributed by atoms with E-state index in [-0.39, 0.29) is 17.7 Å². The average molecular weight is 490 g/mol. The van der Waals surface area contributed by atoms with Crippen LogP contribution in [-0.4, -0.2) is 47.5 Å². The predicted molar refractivity (Wildman–Crippen MR) is 141 cm³/mol. The molecule has 0 aliphatic carbocycles. The Labute approximate surface area is 212 Å². The highest BCUT2D eigenvalue weighted by Crippen LogP contribution is 2.28. The highest BCUT2D eigenvalue weighted by molar-refractivity contribution is 5.92. The van der Waals surface area contributed by atoms with Crippen molar-refractivity contribution in [1.82, 2.24) is 15.5 Å². The fourth-order valence-electron chi connectivity index (χ4n) is 3.94. The summed E-state index contributed by atoms with van der Waals surface area (Å²) in [6, 6.07) is 4.23. The monoisotopic (exact) mass is 489 g/mol. The van der Waals surface area contributed by atoms with Crippen LogP contribution < -0.4 is 10.6 Å². The maximum absolute atomic E-state index is 13.9. The molecule has 0 spiro atoms. The molecule has 0 heterocycles. The molecule has 1 rings (SSSR count). The predicted octanol–water partition coefficient (Wildman–Crippen LogP) is 5.44. The van der Waals surface area contributed by atoms with Gasteiger partial charge in [0.1, 0.15) is 17.7 Å². The molecule has 0 saturated heterocycles. The van der Waals surface area contributed by atoms with E-state index in [0.29, 0.717) is 19.5 Å². The van der Waals surface area contributed by atoms with Crippen molar-refractivity contribution in [2.45, 2.75) is 106 Å². The van der Waals surface area contributed by atoms with Crippen LogP contribution in [0.2, 0.25) is 0 Å². The SMILES string of the molecule is CCCCCNC(=O)C(c1cccc(C)c1C)N(CCC)C(=O)C(NC(=O)OC(C)(C)C)C(C)C. The number of amides is 3. The molecule has 1 aromatic rings. The van der Waals surface area contributed by atoms with Crippen molar-refractivity contribution in [2.24, 2.45) is 5.92 Å². The van der Waals surface area contributed by atoms with Gasteiger partial charge in [-0.25, -0.2) is 4.79 Å². The molecule has 35 heavy (non-hydrogen) atoms. The maximum Gasteiger partial charge on any atom is 0.408 e. The van der Waals surface area contributed by atoms with E-state index in [1.165, 1.54) is 0 Å². The first-order valence-corrected chi connectivity index (χ1v) is 13.0. The van der Waals surface area contributed by atoms with Crippen LogP contribution in [0.4, 0.5) is 4.79 Å². The van der Waals surface area contributed by atoms with Gasteiger partial charge < -0.3 is 20.3 Å². The number of alkyl carbamates (subject to hydrolysis) is 1. The first-order valence-electron chi connectivity index (χ1n) is 13.0. The van der Waals surface area contributed by atoms with Crippen LogP contribution in [0.15, 0.2) is 18.2 Å². The molecule has 0 radical (unpaired) electrons. The molecule has 3 amide bonds. The van der Waals surface area contributed by atoms with Crippen molar-refractivity contribution in [1.29, 1.82) is 0 Å². The van der Waals surface area contributed by atoms with Crippen molar-refractivity contribution in [3.05, 3.63) is 34.9 Å². The smallest absolute Gasteiger partial charge is 0.408 e. The molecule has 2 N–H and O–H groups in total. The molecule has 0 aliphatic heterocycles. The number of hydrogen-bond acceptors (Lipinski definition) is 4. The quantitative estimate of drug-likeness (QED) is 0.383. The minimum Gasteiger partial charge on any atom is -0.444 e. The summed E-state index contributed by atoms with van der Waals surface area (Å²) in [5.74, 6) is -0.681. The zero-order valence-electron chi connectivity index (χ0n) is 23.3. The molecule has 0 aromatic heterocycles. The van der Waals surface area contributed by atoms with Gasteiger partial charge in [-0.05, 0) is 70.1 Å². The molecule has 0 bridgehead atoms. The number of hydrogen-bond donors (Lipinski definition) is 2. The van der Waals surface area contributed by atoms with E-state index in [9.17, 15) is 14.4 Å². The summed E-state index contributed by atoms with van der Waals surface area (Å²) in [5, 5.41) is 5.81. The van der Waals surface area contributed by atoms with Crippen LogP contribution in [-0.2, 0) is 14.3 Å². The van der Waals surface area contributed by atoms with Gasteiger partial charge in [0.2, 0.25) is 11.8 Å². The summed E-state index contributed by atoms with van der Waals surface area (Å²) in [6.07, 6.45) is 3.00. The van der Waals surface area contributed by atoms with E-state index in [4.69, 9.17) is 4.74 Å². The van der Waals surface area contributed by atoms with E-state index in [2.05, 4.69) is 17.6 Å². The van der Waals surface area contributed by atoms with Gasteiger partial charge in [-0.3, -0.25) is 9.59 Å². The van der Waals surface area contributed by atoms with Gasteiger partial charge in [0.15, 0.2) is 0 Å². The lowest BCUT2D eigenvalue weighted by Gasteiger charge is -2.36. The van der Waals surface area contributed by atoms with E-state index in [1.54, 1.807) is 25.7 Å². The standard InChI is InChI=1S/C28H47N3O4/c1-10-12-13-17-29-25(32)24(22-16-14-15-20(5)21(22)6)31(18-11-2)26(33)23(19(3)4)30-27(34)35-28(7,8)9/h14-16,19,23-24H,10-13,17-18H2,1-9H3,(H,29,32)(H,30,34). The lowest BCUT2D eigenvalue weighted by molar-refractivity contribution is -0.143. The van der Waals surface area contributed by atoms with E-state index < -0.39 is 23.8 Å². The Morgan fingerprint density at radius 2 is 1.69 bits per heavy atom. The summed E-state index contributed by atoms with van der Waals surface area (Å²) in [6.45, 7) is 18.1. The van der Waals surface area contributed by atoms with Gasteiger partial charge in [0, 0.05) is 13.1 Å². The number of unbranched alkanes of at least 4 members (excludes halogenated alkanes) is 2. The normalized spacial score (nSPS) is 13.2. The van der Waals surface area contributed by atoms with Crippen LogP contribution in [0.1, 0.15) is 96.9 Å². The van der Waals surface area contributed by atoms with E-state index in [0.717, 1.165) is 36.0 Å². The van der Waals surface area contributed by atoms with Crippen LogP contribution in [0.3, 0.4) is 0 Å². The van der Waals surface area contributed by atoms with Crippen LogP contribution in [0, 0.1) is 19.8 Å². The topological polar surface area (TPSA) is 87.7 Å². The number of nitrogens with zero attached hydrogens (tertiary/aromatic N) is 1. The van der Waals surface area contributed by atoms with E-state index >= 15 is 0 Å². The molecule has 1 aromatic carbocycles. The van der Waals surface area contributed by atoms with Gasteiger partial charge in [0.05, 0.1) is 0 Å². The summed E-state index contributed by atoms with van der Waals surface area (Å²) in [4.78, 5) is 41.7. The molecular weight excluding hydrogens is 442 g/mol. The average Bonchev–Trinajstić information content (AvgIpc) is 2.75. The van der Waals surface area contributed by atoms with Crippen molar-refractivity contribution >= 4 is 17.9 Å². The highest BCUT2D eigenvalue weighted by atomic mass is 16.6. The molecule has 0 saturated carbocycles. The molecule has 0 fully saturated rings. The third kappa shape index (κ3) is 9.54. The van der Waals surface area contributed by atoms with Gasteiger partial charge in [-0.1, -0.05) is 58.7 Å². The van der Waals surface area contributed by atoms with Gasteiger partial charge >= 0.3 is 6.09 Å².